The molecule has 0 bridgehead atoms. The molecule has 0 aliphatic heterocycles. The maximum Gasteiger partial charge on any atom is 0.287 e. The van der Waals surface area contributed by atoms with Gasteiger partial charge in [0.25, 0.3) is 11.6 Å². The molecular formula is C14H14ClN3O3. The summed E-state index contributed by atoms with van der Waals surface area (Å²) in [6, 6.07) is 10.2. The van der Waals surface area contributed by atoms with E-state index in [-0.39, 0.29) is 23.3 Å². The van der Waals surface area contributed by atoms with Crippen molar-refractivity contribution in [3.63, 3.8) is 0 Å². The lowest BCUT2D eigenvalue weighted by atomic mass is 10.1. The van der Waals surface area contributed by atoms with Gasteiger partial charge in [0.1, 0.15) is 5.69 Å². The van der Waals surface area contributed by atoms with Gasteiger partial charge in [-0.15, -0.1) is 11.6 Å². The second kappa shape index (κ2) is 6.41. The summed E-state index contributed by atoms with van der Waals surface area (Å²) < 4.78 is 1.42. The second-order valence-electron chi connectivity index (χ2n) is 4.54. The van der Waals surface area contributed by atoms with Gasteiger partial charge in [-0.1, -0.05) is 30.3 Å². The SMILES string of the molecule is Cn1cc([N+](=O)[O-])cc1C(=O)NC(CCl)c1ccccc1. The van der Waals surface area contributed by atoms with E-state index >= 15 is 0 Å². The van der Waals surface area contributed by atoms with E-state index in [0.717, 1.165) is 5.56 Å². The number of benzene rings is 1. The Morgan fingerprint density at radius 2 is 2.10 bits per heavy atom. The molecule has 1 aromatic heterocycles. The van der Waals surface area contributed by atoms with E-state index in [0.29, 0.717) is 0 Å². The number of nitrogens with one attached hydrogen (secondary N) is 1. The number of hydrogen-bond donors (Lipinski definition) is 1. The van der Waals surface area contributed by atoms with Crippen LogP contribution in [0.15, 0.2) is 42.6 Å². The predicted molar refractivity (Wildman–Crippen MR) is 79.4 cm³/mol. The molecule has 6 nitrogen and oxygen atoms in total. The van der Waals surface area contributed by atoms with Crippen molar-refractivity contribution in [1.29, 1.82) is 0 Å². The third kappa shape index (κ3) is 3.41. The van der Waals surface area contributed by atoms with E-state index in [1.165, 1.54) is 16.8 Å². The third-order valence-corrected chi connectivity index (χ3v) is 3.40. The summed E-state index contributed by atoms with van der Waals surface area (Å²) in [6.45, 7) is 0. The molecule has 21 heavy (non-hydrogen) atoms. The lowest BCUT2D eigenvalue weighted by Gasteiger charge is -2.16. The van der Waals surface area contributed by atoms with E-state index in [4.69, 9.17) is 11.6 Å². The van der Waals surface area contributed by atoms with Gasteiger partial charge in [0.05, 0.1) is 17.2 Å². The van der Waals surface area contributed by atoms with Crippen molar-refractivity contribution in [1.82, 2.24) is 9.88 Å². The molecule has 7 heteroatoms. The number of hydrogen-bond acceptors (Lipinski definition) is 3. The lowest BCUT2D eigenvalue weighted by Crippen LogP contribution is -2.30. The van der Waals surface area contributed by atoms with Crippen molar-refractivity contribution in [2.75, 3.05) is 5.88 Å². The minimum absolute atomic E-state index is 0.121. The smallest absolute Gasteiger partial charge is 0.287 e. The molecule has 1 atom stereocenters. The zero-order chi connectivity index (χ0) is 15.4. The number of nitro groups is 1. The molecule has 1 aromatic carbocycles. The number of nitrogens with zero attached hydrogens (tertiary/aromatic N) is 2. The van der Waals surface area contributed by atoms with E-state index in [2.05, 4.69) is 5.32 Å². The van der Waals surface area contributed by atoms with Crippen LogP contribution in [0.2, 0.25) is 0 Å². The maximum atomic E-state index is 12.2. The molecule has 1 heterocycles. The van der Waals surface area contributed by atoms with Crippen LogP contribution in [0.1, 0.15) is 22.1 Å². The first-order valence-electron chi connectivity index (χ1n) is 6.25. The second-order valence-corrected chi connectivity index (χ2v) is 4.85. The molecule has 1 unspecified atom stereocenters. The molecule has 1 amide bonds. The molecule has 0 saturated heterocycles. The van der Waals surface area contributed by atoms with Crippen LogP contribution in [0.3, 0.4) is 0 Å². The van der Waals surface area contributed by atoms with Crippen molar-refractivity contribution in [2.45, 2.75) is 6.04 Å². The average molecular weight is 308 g/mol. The molecule has 0 radical (unpaired) electrons. The number of aryl methyl sites for hydroxylation is 1. The van der Waals surface area contributed by atoms with Crippen LogP contribution < -0.4 is 5.32 Å². The first-order chi connectivity index (χ1) is 10.0. The van der Waals surface area contributed by atoms with Crippen LogP contribution in [0.4, 0.5) is 5.69 Å². The summed E-state index contributed by atoms with van der Waals surface area (Å²) in [5.41, 5.74) is 0.974. The molecule has 2 rings (SSSR count). The minimum atomic E-state index is -0.535. The Labute approximate surface area is 126 Å². The molecule has 0 spiro atoms. The van der Waals surface area contributed by atoms with Crippen LogP contribution in [0, 0.1) is 10.1 Å². The first-order valence-corrected chi connectivity index (χ1v) is 6.79. The summed E-state index contributed by atoms with van der Waals surface area (Å²) >= 11 is 5.90. The Hall–Kier alpha value is -2.34. The van der Waals surface area contributed by atoms with Crippen LogP contribution in [0.25, 0.3) is 0 Å². The number of amides is 1. The fourth-order valence-corrected chi connectivity index (χ4v) is 2.26. The van der Waals surface area contributed by atoms with Crippen LogP contribution in [-0.4, -0.2) is 21.3 Å². The summed E-state index contributed by atoms with van der Waals surface area (Å²) in [5, 5.41) is 13.5. The highest BCUT2D eigenvalue weighted by atomic mass is 35.5. The van der Waals surface area contributed by atoms with Crippen molar-refractivity contribution in [3.8, 4) is 0 Å². The van der Waals surface area contributed by atoms with Gasteiger partial charge in [-0.25, -0.2) is 0 Å². The fraction of sp³-hybridized carbons (Fsp3) is 0.214. The largest absolute Gasteiger partial charge is 0.343 e. The van der Waals surface area contributed by atoms with E-state index in [1.807, 2.05) is 30.3 Å². The Morgan fingerprint density at radius 3 is 2.62 bits per heavy atom. The normalized spacial score (nSPS) is 11.9. The van der Waals surface area contributed by atoms with Gasteiger partial charge in [-0.3, -0.25) is 14.9 Å². The quantitative estimate of drug-likeness (QED) is 0.524. The van der Waals surface area contributed by atoms with Gasteiger partial charge in [0.15, 0.2) is 0 Å². The van der Waals surface area contributed by atoms with E-state index in [9.17, 15) is 14.9 Å². The minimum Gasteiger partial charge on any atom is -0.343 e. The lowest BCUT2D eigenvalue weighted by molar-refractivity contribution is -0.384. The van der Waals surface area contributed by atoms with Gasteiger partial charge in [-0.05, 0) is 5.56 Å². The Bertz CT molecular complexity index is 655. The fourth-order valence-electron chi connectivity index (χ4n) is 2.00. The Morgan fingerprint density at radius 1 is 1.43 bits per heavy atom. The highest BCUT2D eigenvalue weighted by molar-refractivity contribution is 6.18. The number of carbonyl (C=O) groups excluding carboxylic acids is 1. The summed E-state index contributed by atoms with van der Waals surface area (Å²) in [5.74, 6) is -0.192. The zero-order valence-electron chi connectivity index (χ0n) is 11.3. The van der Waals surface area contributed by atoms with E-state index in [1.54, 1.807) is 7.05 Å². The predicted octanol–water partition coefficient (Wildman–Crippen LogP) is 2.64. The number of rotatable bonds is 5. The molecule has 0 saturated carbocycles. The number of carbonyl (C=O) groups is 1. The molecule has 0 fully saturated rings. The number of halogens is 1. The molecule has 2 aromatic rings. The summed E-state index contributed by atoms with van der Waals surface area (Å²) in [7, 11) is 1.58. The topological polar surface area (TPSA) is 77.2 Å². The summed E-state index contributed by atoms with van der Waals surface area (Å²) in [6.07, 6.45) is 1.30. The van der Waals surface area contributed by atoms with Gasteiger partial charge < -0.3 is 9.88 Å². The maximum absolute atomic E-state index is 12.2. The average Bonchev–Trinajstić information content (AvgIpc) is 2.88. The molecule has 0 aliphatic rings. The van der Waals surface area contributed by atoms with Crippen LogP contribution >= 0.6 is 11.6 Å². The zero-order valence-corrected chi connectivity index (χ0v) is 12.1. The Kier molecular flexibility index (Phi) is 4.59. The van der Waals surface area contributed by atoms with Crippen LogP contribution in [0.5, 0.6) is 0 Å². The monoisotopic (exact) mass is 307 g/mol. The highest BCUT2D eigenvalue weighted by Gasteiger charge is 2.20. The van der Waals surface area contributed by atoms with Gasteiger partial charge in [-0.2, -0.15) is 0 Å². The van der Waals surface area contributed by atoms with Crippen molar-refractivity contribution in [3.05, 3.63) is 64.0 Å². The number of aromatic nitrogens is 1. The highest BCUT2D eigenvalue weighted by Crippen LogP contribution is 2.18. The summed E-state index contributed by atoms with van der Waals surface area (Å²) in [4.78, 5) is 22.4. The third-order valence-electron chi connectivity index (χ3n) is 3.10. The van der Waals surface area contributed by atoms with Crippen molar-refractivity contribution < 1.29 is 9.72 Å². The molecule has 0 aliphatic carbocycles. The van der Waals surface area contributed by atoms with Gasteiger partial charge in [0, 0.05) is 19.0 Å². The van der Waals surface area contributed by atoms with Gasteiger partial charge >= 0.3 is 0 Å². The molecule has 110 valence electrons. The van der Waals surface area contributed by atoms with Gasteiger partial charge in [0.2, 0.25) is 0 Å². The van der Waals surface area contributed by atoms with Crippen molar-refractivity contribution >= 4 is 23.2 Å². The Balaban J connectivity index is 2.19. The van der Waals surface area contributed by atoms with Crippen LogP contribution in [-0.2, 0) is 7.05 Å². The first kappa shape index (κ1) is 15.1. The van der Waals surface area contributed by atoms with Crippen molar-refractivity contribution in [2.24, 2.45) is 7.05 Å². The molecule has 1 N–H and O–H groups in total. The van der Waals surface area contributed by atoms with E-state index < -0.39 is 10.8 Å². The number of alkyl halides is 1. The molecular weight excluding hydrogens is 294 g/mol. The standard InChI is InChI=1S/C14H14ClN3O3/c1-17-9-11(18(20)21)7-13(17)14(19)16-12(8-15)10-5-3-2-4-6-10/h2-7,9,12H,8H2,1H3,(H,16,19).